The second kappa shape index (κ2) is 6.62. The Kier molecular flexibility index (Phi) is 5.64. The van der Waals surface area contributed by atoms with Crippen LogP contribution in [0.2, 0.25) is 0 Å². The molecule has 0 spiro atoms. The van der Waals surface area contributed by atoms with E-state index in [1.807, 2.05) is 0 Å². The topological polar surface area (TPSA) is 29.5 Å². The molecule has 0 radical (unpaired) electrons. The summed E-state index contributed by atoms with van der Waals surface area (Å²) in [4.78, 5) is 0. The number of unbranched alkanes of at least 4 members (excludes halogenated alkanes) is 1. The zero-order valence-electron chi connectivity index (χ0n) is 13.9. The van der Waals surface area contributed by atoms with Gasteiger partial charge < -0.3 is 9.84 Å². The smallest absolute Gasteiger partial charge is 0.123 e. The second-order valence-electron chi connectivity index (χ2n) is 7.20. The highest BCUT2D eigenvalue weighted by atomic mass is 16.5. The molecule has 1 aromatic carbocycles. The van der Waals surface area contributed by atoms with Gasteiger partial charge in [-0.3, -0.25) is 0 Å². The van der Waals surface area contributed by atoms with Crippen LogP contribution in [-0.2, 0) is 10.8 Å². The van der Waals surface area contributed by atoms with E-state index in [0.717, 1.165) is 30.8 Å². The molecule has 1 rings (SSSR count). The van der Waals surface area contributed by atoms with Gasteiger partial charge in [0.1, 0.15) is 5.75 Å². The van der Waals surface area contributed by atoms with Crippen molar-refractivity contribution in [2.45, 2.75) is 65.2 Å². The van der Waals surface area contributed by atoms with E-state index < -0.39 is 0 Å². The van der Waals surface area contributed by atoms with E-state index in [2.05, 4.69) is 59.7 Å². The lowest BCUT2D eigenvalue weighted by molar-refractivity contribution is 0.211. The van der Waals surface area contributed by atoms with Gasteiger partial charge in [-0.1, -0.05) is 60.1 Å². The molecule has 0 saturated heterocycles. The Labute approximate surface area is 124 Å². The van der Waals surface area contributed by atoms with E-state index in [0.29, 0.717) is 0 Å². The van der Waals surface area contributed by atoms with Gasteiger partial charge in [-0.2, -0.15) is 0 Å². The van der Waals surface area contributed by atoms with E-state index in [1.165, 1.54) is 5.56 Å². The average Bonchev–Trinajstić information content (AvgIpc) is 2.38. The van der Waals surface area contributed by atoms with Crippen LogP contribution in [0.25, 0.3) is 0 Å². The summed E-state index contributed by atoms with van der Waals surface area (Å²) in [5.41, 5.74) is 2.19. The number of hydrogen-bond acceptors (Lipinski definition) is 2. The Bertz CT molecular complexity index is 428. The van der Waals surface area contributed by atoms with Gasteiger partial charge >= 0.3 is 0 Å². The Balaban J connectivity index is 3.17. The number of aliphatic hydroxyl groups is 1. The molecule has 1 aromatic rings. The maximum Gasteiger partial charge on any atom is 0.123 e. The van der Waals surface area contributed by atoms with Crippen molar-refractivity contribution in [2.24, 2.45) is 0 Å². The summed E-state index contributed by atoms with van der Waals surface area (Å²) in [7, 11) is 0. The molecule has 0 bridgehead atoms. The number of ether oxygens (including phenoxy) is 1. The number of aliphatic hydroxyl groups excluding tert-OH is 1. The van der Waals surface area contributed by atoms with Gasteiger partial charge in [0.15, 0.2) is 0 Å². The fourth-order valence-electron chi connectivity index (χ4n) is 2.06. The van der Waals surface area contributed by atoms with Gasteiger partial charge in [0.25, 0.3) is 0 Å². The van der Waals surface area contributed by atoms with Crippen molar-refractivity contribution in [2.75, 3.05) is 13.2 Å². The summed E-state index contributed by atoms with van der Waals surface area (Å²) in [5, 5.41) is 9.68. The van der Waals surface area contributed by atoms with Gasteiger partial charge in [0.05, 0.1) is 13.2 Å². The zero-order chi connectivity index (χ0) is 15.4. The number of benzene rings is 1. The third-order valence-corrected chi connectivity index (χ3v) is 3.73. The maximum atomic E-state index is 9.68. The van der Waals surface area contributed by atoms with Crippen LogP contribution in [0.15, 0.2) is 18.2 Å². The SMILES string of the molecule is CCCCOc1ccc(C(C)(C)C)cc1C(C)(C)CO. The Morgan fingerprint density at radius 1 is 1.10 bits per heavy atom. The van der Waals surface area contributed by atoms with Gasteiger partial charge in [-0.05, 0) is 23.5 Å². The largest absolute Gasteiger partial charge is 0.493 e. The van der Waals surface area contributed by atoms with Gasteiger partial charge in [0.2, 0.25) is 0 Å². The molecule has 0 unspecified atom stereocenters. The average molecular weight is 278 g/mol. The van der Waals surface area contributed by atoms with Crippen LogP contribution in [-0.4, -0.2) is 18.3 Å². The molecular formula is C18H30O2. The molecule has 0 saturated carbocycles. The monoisotopic (exact) mass is 278 g/mol. The van der Waals surface area contributed by atoms with E-state index in [9.17, 15) is 5.11 Å². The molecule has 1 N–H and O–H groups in total. The molecule has 0 amide bonds. The van der Waals surface area contributed by atoms with Crippen LogP contribution in [0.4, 0.5) is 0 Å². The van der Waals surface area contributed by atoms with Crippen molar-refractivity contribution in [3.05, 3.63) is 29.3 Å². The van der Waals surface area contributed by atoms with Crippen LogP contribution < -0.4 is 4.74 Å². The number of hydrogen-bond donors (Lipinski definition) is 1. The first-order chi connectivity index (χ1) is 9.22. The highest BCUT2D eigenvalue weighted by Crippen LogP contribution is 2.35. The van der Waals surface area contributed by atoms with Crippen LogP contribution >= 0.6 is 0 Å². The first-order valence-corrected chi connectivity index (χ1v) is 7.61. The lowest BCUT2D eigenvalue weighted by Gasteiger charge is -2.28. The van der Waals surface area contributed by atoms with Crippen molar-refractivity contribution in [3.8, 4) is 5.75 Å². The summed E-state index contributed by atoms with van der Waals surface area (Å²) in [5.74, 6) is 0.908. The van der Waals surface area contributed by atoms with E-state index in [1.54, 1.807) is 0 Å². The summed E-state index contributed by atoms with van der Waals surface area (Å²) in [6.45, 7) is 13.7. The van der Waals surface area contributed by atoms with E-state index in [-0.39, 0.29) is 17.4 Å². The lowest BCUT2D eigenvalue weighted by Crippen LogP contribution is -2.24. The fourth-order valence-corrected chi connectivity index (χ4v) is 2.06. The molecular weight excluding hydrogens is 248 g/mol. The minimum absolute atomic E-state index is 0.0994. The maximum absolute atomic E-state index is 9.68. The van der Waals surface area contributed by atoms with Crippen LogP contribution in [0.5, 0.6) is 5.75 Å². The van der Waals surface area contributed by atoms with E-state index >= 15 is 0 Å². The van der Waals surface area contributed by atoms with Crippen molar-refractivity contribution < 1.29 is 9.84 Å². The summed E-state index contributed by atoms with van der Waals surface area (Å²) < 4.78 is 5.92. The van der Waals surface area contributed by atoms with Gasteiger partial charge in [-0.25, -0.2) is 0 Å². The minimum atomic E-state index is -0.289. The summed E-state index contributed by atoms with van der Waals surface area (Å²) in [6, 6.07) is 6.39. The Hall–Kier alpha value is -1.02. The highest BCUT2D eigenvalue weighted by Gasteiger charge is 2.26. The highest BCUT2D eigenvalue weighted by molar-refractivity contribution is 5.44. The minimum Gasteiger partial charge on any atom is -0.493 e. The van der Waals surface area contributed by atoms with Crippen molar-refractivity contribution in [3.63, 3.8) is 0 Å². The first kappa shape index (κ1) is 17.0. The van der Waals surface area contributed by atoms with Crippen LogP contribution in [0.1, 0.15) is 65.5 Å². The van der Waals surface area contributed by atoms with Crippen LogP contribution in [0.3, 0.4) is 0 Å². The van der Waals surface area contributed by atoms with E-state index in [4.69, 9.17) is 4.74 Å². The standard InChI is InChI=1S/C18H30O2/c1-7-8-11-20-16-10-9-14(17(2,3)4)12-15(16)18(5,6)13-19/h9-10,12,19H,7-8,11,13H2,1-6H3. The number of rotatable bonds is 6. The second-order valence-corrected chi connectivity index (χ2v) is 7.20. The van der Waals surface area contributed by atoms with Crippen LogP contribution in [0, 0.1) is 0 Å². The molecule has 2 heteroatoms. The molecule has 0 aliphatic rings. The third-order valence-electron chi connectivity index (χ3n) is 3.73. The Morgan fingerprint density at radius 2 is 1.75 bits per heavy atom. The predicted octanol–water partition coefficient (Wildman–Crippen LogP) is 4.43. The molecule has 0 atom stereocenters. The molecule has 0 aliphatic carbocycles. The Morgan fingerprint density at radius 3 is 2.25 bits per heavy atom. The lowest BCUT2D eigenvalue weighted by atomic mass is 9.79. The summed E-state index contributed by atoms with van der Waals surface area (Å²) >= 11 is 0. The molecule has 0 aliphatic heterocycles. The van der Waals surface area contributed by atoms with Gasteiger partial charge in [0, 0.05) is 11.0 Å². The quantitative estimate of drug-likeness (QED) is 0.780. The molecule has 0 heterocycles. The van der Waals surface area contributed by atoms with Crippen molar-refractivity contribution in [1.29, 1.82) is 0 Å². The molecule has 0 fully saturated rings. The first-order valence-electron chi connectivity index (χ1n) is 7.61. The molecule has 2 nitrogen and oxygen atoms in total. The van der Waals surface area contributed by atoms with Crippen molar-refractivity contribution in [1.82, 2.24) is 0 Å². The molecule has 114 valence electrons. The summed E-state index contributed by atoms with van der Waals surface area (Å²) in [6.07, 6.45) is 2.18. The molecule has 0 aromatic heterocycles. The fraction of sp³-hybridized carbons (Fsp3) is 0.667. The van der Waals surface area contributed by atoms with Gasteiger partial charge in [-0.15, -0.1) is 0 Å². The normalized spacial score (nSPS) is 12.6. The van der Waals surface area contributed by atoms with Crippen molar-refractivity contribution >= 4 is 0 Å². The third kappa shape index (κ3) is 4.24. The molecule has 20 heavy (non-hydrogen) atoms. The zero-order valence-corrected chi connectivity index (χ0v) is 13.9. The predicted molar refractivity (Wildman–Crippen MR) is 85.7 cm³/mol.